The molecule has 0 saturated heterocycles. The Morgan fingerprint density at radius 2 is 1.52 bits per heavy atom. The molecule has 0 atom stereocenters. The molecule has 6 heteroatoms. The molecule has 0 radical (unpaired) electrons. The van der Waals surface area contributed by atoms with Crippen LogP contribution in [0.1, 0.15) is 17.5 Å². The molecule has 2 aromatic carbocycles. The largest absolute Gasteiger partial charge is 0.326 e. The van der Waals surface area contributed by atoms with Gasteiger partial charge in [-0.2, -0.15) is 0 Å². The molecule has 4 nitrogen and oxygen atoms in total. The number of hydrogen-bond donors (Lipinski definition) is 2. The molecule has 120 valence electrons. The minimum atomic E-state index is -0.439. The molecule has 2 amide bonds. The molecule has 2 N–H and O–H groups in total. The fourth-order valence-electron chi connectivity index (χ4n) is 2.04. The minimum absolute atomic E-state index is 0.294. The van der Waals surface area contributed by atoms with E-state index in [-0.39, 0.29) is 12.3 Å². The Kier molecular flexibility index (Phi) is 5.64. The first kappa shape index (κ1) is 17.3. The summed E-state index contributed by atoms with van der Waals surface area (Å²) in [4.78, 5) is 23.9. The van der Waals surface area contributed by atoms with E-state index in [1.54, 1.807) is 18.2 Å². The van der Waals surface area contributed by atoms with E-state index in [2.05, 4.69) is 10.6 Å². The van der Waals surface area contributed by atoms with Crippen LogP contribution >= 0.6 is 23.2 Å². The van der Waals surface area contributed by atoms with Crippen LogP contribution < -0.4 is 10.6 Å². The fraction of sp³-hybridized carbons (Fsp3) is 0.176. The van der Waals surface area contributed by atoms with E-state index in [0.717, 1.165) is 11.1 Å². The second-order valence-electron chi connectivity index (χ2n) is 5.25. The van der Waals surface area contributed by atoms with Gasteiger partial charge in [0, 0.05) is 21.4 Å². The molecule has 0 unspecified atom stereocenters. The lowest BCUT2D eigenvalue weighted by Gasteiger charge is -2.10. The van der Waals surface area contributed by atoms with Gasteiger partial charge in [0.25, 0.3) is 0 Å². The van der Waals surface area contributed by atoms with Gasteiger partial charge in [-0.15, -0.1) is 0 Å². The highest BCUT2D eigenvalue weighted by Gasteiger charge is 2.12. The zero-order valence-electron chi connectivity index (χ0n) is 12.7. The van der Waals surface area contributed by atoms with Crippen molar-refractivity contribution >= 4 is 46.4 Å². The lowest BCUT2D eigenvalue weighted by Crippen LogP contribution is -2.21. The Labute approximate surface area is 144 Å². The third-order valence-corrected chi connectivity index (χ3v) is 3.57. The molecule has 0 bridgehead atoms. The predicted molar refractivity (Wildman–Crippen MR) is 94.3 cm³/mol. The highest BCUT2D eigenvalue weighted by molar-refractivity contribution is 6.35. The monoisotopic (exact) mass is 350 g/mol. The van der Waals surface area contributed by atoms with Crippen LogP contribution in [0.5, 0.6) is 0 Å². The summed E-state index contributed by atoms with van der Waals surface area (Å²) in [5.41, 5.74) is 3.12. The minimum Gasteiger partial charge on any atom is -0.326 e. The average Bonchev–Trinajstić information content (AvgIpc) is 2.41. The maximum absolute atomic E-state index is 12.0. The third kappa shape index (κ3) is 5.27. The molecular formula is C17H16Cl2N2O2. The van der Waals surface area contributed by atoms with E-state index in [0.29, 0.717) is 21.4 Å². The maximum atomic E-state index is 12.0. The van der Waals surface area contributed by atoms with Gasteiger partial charge in [0.15, 0.2) is 0 Å². The van der Waals surface area contributed by atoms with Crippen LogP contribution in [0.3, 0.4) is 0 Å². The summed E-state index contributed by atoms with van der Waals surface area (Å²) >= 11 is 11.7. The molecule has 0 saturated carbocycles. The Balaban J connectivity index is 1.97. The fourth-order valence-corrected chi connectivity index (χ4v) is 2.57. The number of hydrogen-bond acceptors (Lipinski definition) is 2. The number of aryl methyl sites for hydroxylation is 2. The van der Waals surface area contributed by atoms with Crippen molar-refractivity contribution in [1.82, 2.24) is 0 Å². The normalized spacial score (nSPS) is 10.3. The summed E-state index contributed by atoms with van der Waals surface area (Å²) in [6, 6.07) is 10.4. The Bertz CT molecular complexity index is 740. The van der Waals surface area contributed by atoms with Crippen LogP contribution in [0.4, 0.5) is 11.4 Å². The quantitative estimate of drug-likeness (QED) is 0.793. The second-order valence-corrected chi connectivity index (χ2v) is 6.12. The van der Waals surface area contributed by atoms with E-state index >= 15 is 0 Å². The van der Waals surface area contributed by atoms with Gasteiger partial charge in [-0.05, 0) is 49.2 Å². The number of anilines is 2. The van der Waals surface area contributed by atoms with Crippen molar-refractivity contribution in [3.63, 3.8) is 0 Å². The van der Waals surface area contributed by atoms with Gasteiger partial charge >= 0.3 is 0 Å². The molecule has 2 rings (SSSR count). The molecule has 0 aliphatic rings. The lowest BCUT2D eigenvalue weighted by atomic mass is 10.1. The number of benzene rings is 2. The van der Waals surface area contributed by atoms with E-state index in [9.17, 15) is 9.59 Å². The van der Waals surface area contributed by atoms with Crippen LogP contribution in [0.15, 0.2) is 36.4 Å². The average molecular weight is 351 g/mol. The standard InChI is InChI=1S/C17H16Cl2N2O2/c1-10-3-4-11(2)15(5-10)21-17(23)9-16(22)20-14-7-12(18)6-13(19)8-14/h3-8H,9H2,1-2H3,(H,20,22)(H,21,23). The molecule has 0 spiro atoms. The van der Waals surface area contributed by atoms with Crippen molar-refractivity contribution in [2.45, 2.75) is 20.3 Å². The lowest BCUT2D eigenvalue weighted by molar-refractivity contribution is -0.123. The van der Waals surface area contributed by atoms with Gasteiger partial charge in [0.1, 0.15) is 6.42 Å². The summed E-state index contributed by atoms with van der Waals surface area (Å²) < 4.78 is 0. The third-order valence-electron chi connectivity index (χ3n) is 3.13. The topological polar surface area (TPSA) is 58.2 Å². The molecule has 0 fully saturated rings. The summed E-state index contributed by atoms with van der Waals surface area (Å²) in [7, 11) is 0. The maximum Gasteiger partial charge on any atom is 0.233 e. The summed E-state index contributed by atoms with van der Waals surface area (Å²) in [5, 5.41) is 6.16. The van der Waals surface area contributed by atoms with Crippen molar-refractivity contribution in [3.8, 4) is 0 Å². The molecular weight excluding hydrogens is 335 g/mol. The molecule has 0 aliphatic heterocycles. The van der Waals surface area contributed by atoms with Crippen LogP contribution in [0.2, 0.25) is 10.0 Å². The SMILES string of the molecule is Cc1ccc(C)c(NC(=O)CC(=O)Nc2cc(Cl)cc(Cl)c2)c1. The van der Waals surface area contributed by atoms with Crippen LogP contribution in [-0.4, -0.2) is 11.8 Å². The van der Waals surface area contributed by atoms with Crippen molar-refractivity contribution in [1.29, 1.82) is 0 Å². The predicted octanol–water partition coefficient (Wildman–Crippen LogP) is 4.58. The Hall–Kier alpha value is -2.04. The molecule has 0 heterocycles. The van der Waals surface area contributed by atoms with Crippen LogP contribution in [0, 0.1) is 13.8 Å². The highest BCUT2D eigenvalue weighted by Crippen LogP contribution is 2.22. The number of halogens is 2. The van der Waals surface area contributed by atoms with Gasteiger partial charge in [-0.1, -0.05) is 35.3 Å². The summed E-state index contributed by atoms with van der Waals surface area (Å²) in [6.45, 7) is 3.83. The highest BCUT2D eigenvalue weighted by atomic mass is 35.5. The molecule has 0 aliphatic carbocycles. The first-order valence-electron chi connectivity index (χ1n) is 6.96. The van der Waals surface area contributed by atoms with Gasteiger partial charge < -0.3 is 10.6 Å². The summed E-state index contributed by atoms with van der Waals surface area (Å²) in [6.07, 6.45) is -0.294. The van der Waals surface area contributed by atoms with Crippen molar-refractivity contribution in [3.05, 3.63) is 57.6 Å². The Morgan fingerprint density at radius 3 is 2.17 bits per heavy atom. The van der Waals surface area contributed by atoms with Crippen LogP contribution in [0.25, 0.3) is 0 Å². The number of rotatable bonds is 4. The first-order valence-corrected chi connectivity index (χ1v) is 7.72. The van der Waals surface area contributed by atoms with Crippen molar-refractivity contribution in [2.75, 3.05) is 10.6 Å². The number of amides is 2. The Morgan fingerprint density at radius 1 is 0.913 bits per heavy atom. The first-order chi connectivity index (χ1) is 10.8. The smallest absolute Gasteiger partial charge is 0.233 e. The number of carbonyl (C=O) groups is 2. The van der Waals surface area contributed by atoms with E-state index in [1.165, 1.54) is 0 Å². The van der Waals surface area contributed by atoms with Crippen molar-refractivity contribution < 1.29 is 9.59 Å². The van der Waals surface area contributed by atoms with Gasteiger partial charge in [-0.3, -0.25) is 9.59 Å². The zero-order chi connectivity index (χ0) is 17.0. The second kappa shape index (κ2) is 7.49. The van der Waals surface area contributed by atoms with Gasteiger partial charge in [0.2, 0.25) is 11.8 Å². The van der Waals surface area contributed by atoms with E-state index in [4.69, 9.17) is 23.2 Å². The van der Waals surface area contributed by atoms with Gasteiger partial charge in [-0.25, -0.2) is 0 Å². The van der Waals surface area contributed by atoms with E-state index < -0.39 is 5.91 Å². The number of nitrogens with one attached hydrogen (secondary N) is 2. The number of carbonyl (C=O) groups excluding carboxylic acids is 2. The molecule has 0 aromatic heterocycles. The van der Waals surface area contributed by atoms with Gasteiger partial charge in [0.05, 0.1) is 0 Å². The van der Waals surface area contributed by atoms with Crippen molar-refractivity contribution in [2.24, 2.45) is 0 Å². The zero-order valence-corrected chi connectivity index (χ0v) is 14.3. The summed E-state index contributed by atoms with van der Waals surface area (Å²) in [5.74, 6) is -0.824. The molecule has 23 heavy (non-hydrogen) atoms. The molecule has 2 aromatic rings. The van der Waals surface area contributed by atoms with Crippen LogP contribution in [-0.2, 0) is 9.59 Å². The van der Waals surface area contributed by atoms with E-state index in [1.807, 2.05) is 32.0 Å².